The van der Waals surface area contributed by atoms with Crippen LogP contribution in [0.15, 0.2) is 36.4 Å². The molecule has 0 saturated carbocycles. The highest BCUT2D eigenvalue weighted by Crippen LogP contribution is 2.33. The van der Waals surface area contributed by atoms with Gasteiger partial charge in [-0.25, -0.2) is 0 Å². The van der Waals surface area contributed by atoms with Crippen LogP contribution in [0.2, 0.25) is 0 Å². The molecule has 0 aliphatic carbocycles. The molecule has 17 heavy (non-hydrogen) atoms. The second-order valence-corrected chi connectivity index (χ2v) is 5.14. The number of aliphatic hydroxyl groups is 1. The Hall–Kier alpha value is -1.32. The average molecular weight is 248 g/mol. The number of rotatable bonds is 4. The predicted octanol–water partition coefficient (Wildman–Crippen LogP) is 3.54. The van der Waals surface area contributed by atoms with Crippen molar-refractivity contribution in [3.63, 3.8) is 0 Å². The first-order chi connectivity index (χ1) is 8.22. The normalized spacial score (nSPS) is 12.4. The topological polar surface area (TPSA) is 29.5 Å². The lowest BCUT2D eigenvalue weighted by atomic mass is 10.1. The van der Waals surface area contributed by atoms with Gasteiger partial charge in [0.25, 0.3) is 0 Å². The first kappa shape index (κ1) is 12.1. The zero-order valence-corrected chi connectivity index (χ0v) is 10.8. The van der Waals surface area contributed by atoms with Crippen molar-refractivity contribution in [2.45, 2.75) is 20.0 Å². The molecule has 1 atom stereocenters. The summed E-state index contributed by atoms with van der Waals surface area (Å²) in [5, 5.41) is 10.3. The summed E-state index contributed by atoms with van der Waals surface area (Å²) in [6, 6.07) is 11.6. The van der Waals surface area contributed by atoms with Gasteiger partial charge in [-0.15, -0.1) is 11.3 Å². The van der Waals surface area contributed by atoms with Crippen LogP contribution >= 0.6 is 11.3 Å². The Morgan fingerprint density at radius 2 is 2.00 bits per heavy atom. The van der Waals surface area contributed by atoms with E-state index >= 15 is 0 Å². The van der Waals surface area contributed by atoms with E-state index in [1.165, 1.54) is 4.88 Å². The molecule has 0 saturated heterocycles. The van der Waals surface area contributed by atoms with Crippen LogP contribution in [-0.4, -0.2) is 11.7 Å². The highest BCUT2D eigenvalue weighted by atomic mass is 32.1. The van der Waals surface area contributed by atoms with Gasteiger partial charge in [0, 0.05) is 15.3 Å². The van der Waals surface area contributed by atoms with Gasteiger partial charge in [0.05, 0.1) is 6.61 Å². The van der Waals surface area contributed by atoms with Gasteiger partial charge >= 0.3 is 0 Å². The smallest absolute Gasteiger partial charge is 0.125 e. The van der Waals surface area contributed by atoms with Gasteiger partial charge in [0.2, 0.25) is 0 Å². The monoisotopic (exact) mass is 248 g/mol. The minimum absolute atomic E-state index is 0.601. The predicted molar refractivity (Wildman–Crippen MR) is 70.7 cm³/mol. The maximum Gasteiger partial charge on any atom is 0.125 e. The molecule has 2 rings (SSSR count). The molecular formula is C14H16O2S. The highest BCUT2D eigenvalue weighted by Gasteiger charge is 2.16. The molecule has 0 bridgehead atoms. The van der Waals surface area contributed by atoms with Gasteiger partial charge in [-0.1, -0.05) is 18.2 Å². The van der Waals surface area contributed by atoms with Crippen LogP contribution in [0.3, 0.4) is 0 Å². The van der Waals surface area contributed by atoms with E-state index < -0.39 is 6.10 Å². The number of hydrogen-bond acceptors (Lipinski definition) is 3. The summed E-state index contributed by atoms with van der Waals surface area (Å²) >= 11 is 1.61. The Morgan fingerprint density at radius 1 is 1.24 bits per heavy atom. The van der Waals surface area contributed by atoms with Crippen LogP contribution in [-0.2, 0) is 0 Å². The average Bonchev–Trinajstić information content (AvgIpc) is 2.76. The molecule has 2 aromatic rings. The number of hydrogen-bond donors (Lipinski definition) is 1. The summed E-state index contributed by atoms with van der Waals surface area (Å²) in [4.78, 5) is 2.16. The molecule has 0 fully saturated rings. The van der Waals surface area contributed by atoms with Crippen molar-refractivity contribution in [3.8, 4) is 5.75 Å². The Morgan fingerprint density at radius 3 is 2.65 bits per heavy atom. The second kappa shape index (κ2) is 5.34. The highest BCUT2D eigenvalue weighted by molar-refractivity contribution is 7.12. The Labute approximate surface area is 105 Å². The number of aryl methyl sites for hydroxylation is 1. The van der Waals surface area contributed by atoms with E-state index in [1.54, 1.807) is 11.3 Å². The Kier molecular flexibility index (Phi) is 3.82. The van der Waals surface area contributed by atoms with E-state index in [1.807, 2.05) is 50.2 Å². The molecule has 90 valence electrons. The summed E-state index contributed by atoms with van der Waals surface area (Å²) in [7, 11) is 0. The van der Waals surface area contributed by atoms with Crippen molar-refractivity contribution >= 4 is 11.3 Å². The lowest BCUT2D eigenvalue weighted by Gasteiger charge is -2.14. The first-order valence-corrected chi connectivity index (χ1v) is 6.50. The van der Waals surface area contributed by atoms with E-state index in [0.717, 1.165) is 16.2 Å². The van der Waals surface area contributed by atoms with E-state index in [0.29, 0.717) is 6.61 Å². The maximum absolute atomic E-state index is 10.3. The molecule has 2 nitrogen and oxygen atoms in total. The molecule has 1 unspecified atom stereocenters. The molecule has 0 aliphatic heterocycles. The summed E-state index contributed by atoms with van der Waals surface area (Å²) in [5.74, 6) is 0.758. The van der Waals surface area contributed by atoms with Crippen LogP contribution in [0, 0.1) is 6.92 Å². The molecule has 0 spiro atoms. The fourth-order valence-corrected chi connectivity index (χ4v) is 2.63. The molecule has 0 aliphatic rings. The standard InChI is InChI=1S/C14H16O2S/c1-3-16-12-7-5-4-6-11(12)14(15)13-9-8-10(2)17-13/h4-9,14-15H,3H2,1-2H3. The number of benzene rings is 1. The van der Waals surface area contributed by atoms with E-state index in [-0.39, 0.29) is 0 Å². The van der Waals surface area contributed by atoms with Gasteiger partial charge in [0.15, 0.2) is 0 Å². The van der Waals surface area contributed by atoms with Gasteiger partial charge in [-0.2, -0.15) is 0 Å². The number of ether oxygens (including phenoxy) is 1. The summed E-state index contributed by atoms with van der Waals surface area (Å²) < 4.78 is 5.53. The quantitative estimate of drug-likeness (QED) is 0.896. The zero-order valence-electron chi connectivity index (χ0n) is 10.0. The Bertz CT molecular complexity index is 490. The third kappa shape index (κ3) is 2.68. The molecule has 1 N–H and O–H groups in total. The molecule has 1 heterocycles. The minimum Gasteiger partial charge on any atom is -0.493 e. The summed E-state index contributed by atoms with van der Waals surface area (Å²) in [5.41, 5.74) is 0.830. The molecule has 0 radical (unpaired) electrons. The van der Waals surface area contributed by atoms with Crippen LogP contribution in [0.5, 0.6) is 5.75 Å². The van der Waals surface area contributed by atoms with Gasteiger partial charge < -0.3 is 9.84 Å². The first-order valence-electron chi connectivity index (χ1n) is 5.68. The van der Waals surface area contributed by atoms with Crippen LogP contribution in [0.4, 0.5) is 0 Å². The number of aliphatic hydroxyl groups excluding tert-OH is 1. The fraction of sp³-hybridized carbons (Fsp3) is 0.286. The van der Waals surface area contributed by atoms with Crippen LogP contribution in [0.1, 0.15) is 28.3 Å². The third-order valence-electron chi connectivity index (χ3n) is 2.54. The third-order valence-corrected chi connectivity index (χ3v) is 3.60. The maximum atomic E-state index is 10.3. The van der Waals surface area contributed by atoms with Crippen molar-refractivity contribution < 1.29 is 9.84 Å². The van der Waals surface area contributed by atoms with E-state index in [4.69, 9.17) is 4.74 Å². The van der Waals surface area contributed by atoms with E-state index in [9.17, 15) is 5.11 Å². The summed E-state index contributed by atoms with van der Waals surface area (Å²) in [6.07, 6.45) is -0.601. The van der Waals surface area contributed by atoms with Crippen molar-refractivity contribution in [2.24, 2.45) is 0 Å². The van der Waals surface area contributed by atoms with Crippen molar-refractivity contribution in [2.75, 3.05) is 6.61 Å². The van der Waals surface area contributed by atoms with Gasteiger partial charge in [-0.05, 0) is 32.0 Å². The van der Waals surface area contributed by atoms with Gasteiger partial charge in [0.1, 0.15) is 11.9 Å². The van der Waals surface area contributed by atoms with Gasteiger partial charge in [-0.3, -0.25) is 0 Å². The molecule has 3 heteroatoms. The van der Waals surface area contributed by atoms with Crippen LogP contribution < -0.4 is 4.74 Å². The number of thiophene rings is 1. The lowest BCUT2D eigenvalue weighted by Crippen LogP contribution is -2.02. The molecular weight excluding hydrogens is 232 g/mol. The molecule has 1 aromatic carbocycles. The largest absolute Gasteiger partial charge is 0.493 e. The second-order valence-electron chi connectivity index (χ2n) is 3.82. The number of para-hydroxylation sites is 1. The van der Waals surface area contributed by atoms with Crippen molar-refractivity contribution in [1.82, 2.24) is 0 Å². The molecule has 1 aromatic heterocycles. The lowest BCUT2D eigenvalue weighted by molar-refractivity contribution is 0.215. The zero-order chi connectivity index (χ0) is 12.3. The summed E-state index contributed by atoms with van der Waals surface area (Å²) in [6.45, 7) is 4.58. The van der Waals surface area contributed by atoms with Crippen molar-refractivity contribution in [1.29, 1.82) is 0 Å². The fourth-order valence-electron chi connectivity index (χ4n) is 1.75. The van der Waals surface area contributed by atoms with Crippen molar-refractivity contribution in [3.05, 3.63) is 51.7 Å². The molecule has 0 amide bonds. The minimum atomic E-state index is -0.601. The van der Waals surface area contributed by atoms with E-state index in [2.05, 4.69) is 0 Å². The Balaban J connectivity index is 2.33. The van der Waals surface area contributed by atoms with Crippen LogP contribution in [0.25, 0.3) is 0 Å². The SMILES string of the molecule is CCOc1ccccc1C(O)c1ccc(C)s1.